The summed E-state index contributed by atoms with van der Waals surface area (Å²) in [6, 6.07) is 5.43. The van der Waals surface area contributed by atoms with Crippen LogP contribution < -0.4 is 5.32 Å². The number of nitrogens with one attached hydrogen (secondary N) is 1. The average Bonchev–Trinajstić information content (AvgIpc) is 3.09. The number of ether oxygens (including phenoxy) is 1. The van der Waals surface area contributed by atoms with E-state index in [9.17, 15) is 27.6 Å². The van der Waals surface area contributed by atoms with Crippen LogP contribution in [0.25, 0.3) is 0 Å². The molecular weight excluding hydrogens is 470 g/mol. The highest BCUT2D eigenvalue weighted by Gasteiger charge is 2.32. The highest BCUT2D eigenvalue weighted by Crippen LogP contribution is 2.26. The van der Waals surface area contributed by atoms with E-state index in [1.54, 1.807) is 0 Å². The van der Waals surface area contributed by atoms with Crippen LogP contribution in [0.1, 0.15) is 30.6 Å². The molecule has 2 aliphatic heterocycles. The smallest absolute Gasteiger partial charge is 0.338 e. The number of piperidine rings is 1. The van der Waals surface area contributed by atoms with Gasteiger partial charge in [0, 0.05) is 26.2 Å². The lowest BCUT2D eigenvalue weighted by atomic mass is 9.94. The molecule has 2 fully saturated rings. The number of imide groups is 1. The highest BCUT2D eigenvalue weighted by molar-refractivity contribution is 8.14. The number of esters is 1. The molecule has 33 heavy (non-hydrogen) atoms. The molecule has 0 radical (unpaired) electrons. The Hall–Kier alpha value is -2.44. The van der Waals surface area contributed by atoms with Gasteiger partial charge in [0.05, 0.1) is 16.2 Å². The SMILES string of the molecule is C[C@@H]1C[C@@H](C)CN(S(=O)(=O)c2ccc(C(=O)OCC(=O)NCCN3C(=O)CSC3=O)cc2)C1. The van der Waals surface area contributed by atoms with Crippen LogP contribution in [0.3, 0.4) is 0 Å². The lowest BCUT2D eigenvalue weighted by Crippen LogP contribution is -2.42. The number of nitrogens with zero attached hydrogens (tertiary/aromatic N) is 2. The van der Waals surface area contributed by atoms with Crippen molar-refractivity contribution in [3.05, 3.63) is 29.8 Å². The number of thioether (sulfide) groups is 1. The van der Waals surface area contributed by atoms with Crippen molar-refractivity contribution in [2.75, 3.05) is 38.5 Å². The standard InChI is InChI=1S/C21H27N3O7S2/c1-14-9-15(2)11-23(10-14)33(29,30)17-5-3-16(4-6-17)20(27)31-12-18(25)22-7-8-24-19(26)13-32-21(24)28/h3-6,14-15H,7-13H2,1-2H3,(H,22,25)/t14-,15-/m1/s1. The third-order valence-corrected chi connectivity index (χ3v) is 8.10. The van der Waals surface area contributed by atoms with Crippen LogP contribution >= 0.6 is 11.8 Å². The molecule has 3 rings (SSSR count). The summed E-state index contributed by atoms with van der Waals surface area (Å²) in [7, 11) is -3.66. The van der Waals surface area contributed by atoms with E-state index < -0.39 is 28.5 Å². The van der Waals surface area contributed by atoms with Crippen molar-refractivity contribution in [1.29, 1.82) is 0 Å². The maximum Gasteiger partial charge on any atom is 0.338 e. The predicted octanol–water partition coefficient (Wildman–Crippen LogP) is 1.32. The number of benzene rings is 1. The van der Waals surface area contributed by atoms with Gasteiger partial charge in [-0.05, 0) is 42.5 Å². The van der Waals surface area contributed by atoms with E-state index in [0.717, 1.165) is 23.1 Å². The Balaban J connectivity index is 1.48. The molecule has 0 unspecified atom stereocenters. The highest BCUT2D eigenvalue weighted by atomic mass is 32.2. The second kappa shape index (κ2) is 10.7. The minimum atomic E-state index is -3.66. The predicted molar refractivity (Wildman–Crippen MR) is 121 cm³/mol. The van der Waals surface area contributed by atoms with Crippen molar-refractivity contribution >= 4 is 44.8 Å². The van der Waals surface area contributed by atoms with Crippen molar-refractivity contribution in [2.24, 2.45) is 11.8 Å². The van der Waals surface area contributed by atoms with Crippen LogP contribution in [0.4, 0.5) is 4.79 Å². The van der Waals surface area contributed by atoms with Crippen LogP contribution in [0, 0.1) is 11.8 Å². The summed E-state index contributed by atoms with van der Waals surface area (Å²) >= 11 is 0.910. The van der Waals surface area contributed by atoms with Crippen molar-refractivity contribution in [3.8, 4) is 0 Å². The molecule has 0 spiro atoms. The maximum atomic E-state index is 12.9. The third kappa shape index (κ3) is 6.33. The van der Waals surface area contributed by atoms with Gasteiger partial charge in [-0.2, -0.15) is 4.31 Å². The van der Waals surface area contributed by atoms with E-state index in [4.69, 9.17) is 4.74 Å². The van der Waals surface area contributed by atoms with Crippen LogP contribution in [0.2, 0.25) is 0 Å². The van der Waals surface area contributed by atoms with E-state index >= 15 is 0 Å². The Bertz CT molecular complexity index is 1000. The minimum absolute atomic E-state index is 0.0503. The first-order chi connectivity index (χ1) is 15.6. The summed E-state index contributed by atoms with van der Waals surface area (Å²) in [6.07, 6.45) is 0.984. The molecule has 3 amide bonds. The summed E-state index contributed by atoms with van der Waals surface area (Å²) in [6.45, 7) is 4.54. The summed E-state index contributed by atoms with van der Waals surface area (Å²) < 4.78 is 32.3. The van der Waals surface area contributed by atoms with Gasteiger partial charge in [0.25, 0.3) is 11.1 Å². The topological polar surface area (TPSA) is 130 Å². The molecule has 0 aromatic heterocycles. The van der Waals surface area contributed by atoms with Crippen LogP contribution in [0.5, 0.6) is 0 Å². The van der Waals surface area contributed by atoms with E-state index in [1.807, 2.05) is 13.8 Å². The average molecular weight is 498 g/mol. The molecule has 2 heterocycles. The lowest BCUT2D eigenvalue weighted by molar-refractivity contribution is -0.126. The van der Waals surface area contributed by atoms with Crippen molar-refractivity contribution in [1.82, 2.24) is 14.5 Å². The van der Waals surface area contributed by atoms with E-state index in [2.05, 4.69) is 5.32 Å². The Morgan fingerprint density at radius 1 is 1.12 bits per heavy atom. The van der Waals surface area contributed by atoms with E-state index in [-0.39, 0.29) is 52.3 Å². The van der Waals surface area contributed by atoms with Crippen LogP contribution in [0.15, 0.2) is 29.2 Å². The van der Waals surface area contributed by atoms with E-state index in [1.165, 1.54) is 28.6 Å². The zero-order valence-corrected chi connectivity index (χ0v) is 20.1. The van der Waals surface area contributed by atoms with Gasteiger partial charge in [-0.25, -0.2) is 13.2 Å². The number of amides is 3. The summed E-state index contributed by atoms with van der Waals surface area (Å²) in [4.78, 5) is 48.2. The Morgan fingerprint density at radius 3 is 2.33 bits per heavy atom. The van der Waals surface area contributed by atoms with Gasteiger partial charge in [-0.1, -0.05) is 25.6 Å². The second-order valence-corrected chi connectivity index (χ2v) is 11.2. The van der Waals surface area contributed by atoms with Crippen molar-refractivity contribution in [2.45, 2.75) is 25.2 Å². The number of sulfonamides is 1. The van der Waals surface area contributed by atoms with Gasteiger partial charge in [-0.3, -0.25) is 19.3 Å². The minimum Gasteiger partial charge on any atom is -0.452 e. The van der Waals surface area contributed by atoms with Gasteiger partial charge >= 0.3 is 5.97 Å². The molecule has 2 atom stereocenters. The molecule has 0 saturated carbocycles. The fourth-order valence-electron chi connectivity index (χ4n) is 3.88. The molecule has 1 aromatic rings. The molecule has 2 saturated heterocycles. The first kappa shape index (κ1) is 25.2. The fourth-order valence-corrected chi connectivity index (χ4v) is 6.32. The first-order valence-electron chi connectivity index (χ1n) is 10.6. The van der Waals surface area contributed by atoms with E-state index in [0.29, 0.717) is 13.1 Å². The van der Waals surface area contributed by atoms with Crippen LogP contribution in [-0.4, -0.2) is 79.2 Å². The maximum absolute atomic E-state index is 12.9. The summed E-state index contributed by atoms with van der Waals surface area (Å²) in [5, 5.41) is 2.12. The fraction of sp³-hybridized carbons (Fsp3) is 0.524. The molecule has 1 aromatic carbocycles. The molecule has 180 valence electrons. The van der Waals surface area contributed by atoms with Gasteiger partial charge < -0.3 is 10.1 Å². The molecule has 0 bridgehead atoms. The number of hydrogen-bond donors (Lipinski definition) is 1. The number of carbonyl (C=O) groups excluding carboxylic acids is 4. The van der Waals surface area contributed by atoms with Crippen molar-refractivity contribution < 1.29 is 32.3 Å². The number of carbonyl (C=O) groups is 4. The lowest BCUT2D eigenvalue weighted by Gasteiger charge is -2.34. The van der Waals surface area contributed by atoms with Crippen molar-refractivity contribution in [3.63, 3.8) is 0 Å². The molecule has 0 aliphatic carbocycles. The monoisotopic (exact) mass is 497 g/mol. The van der Waals surface area contributed by atoms with Gasteiger partial charge in [-0.15, -0.1) is 0 Å². The second-order valence-electron chi connectivity index (χ2n) is 8.32. The molecule has 1 N–H and O–H groups in total. The number of hydrogen-bond acceptors (Lipinski definition) is 8. The number of rotatable bonds is 8. The van der Waals surface area contributed by atoms with Gasteiger partial charge in [0.2, 0.25) is 15.9 Å². The normalized spacial score (nSPS) is 21.8. The summed E-state index contributed by atoms with van der Waals surface area (Å²) in [5.74, 6) is -1.00. The Labute approximate surface area is 197 Å². The zero-order chi connectivity index (χ0) is 24.2. The molecule has 12 heteroatoms. The summed E-state index contributed by atoms with van der Waals surface area (Å²) in [5.41, 5.74) is 0.118. The first-order valence-corrected chi connectivity index (χ1v) is 13.0. The molecular formula is C21H27N3O7S2. The van der Waals surface area contributed by atoms with Crippen LogP contribution in [-0.2, 0) is 24.3 Å². The largest absolute Gasteiger partial charge is 0.452 e. The quantitative estimate of drug-likeness (QED) is 0.532. The van der Waals surface area contributed by atoms with Gasteiger partial charge in [0.15, 0.2) is 6.61 Å². The third-order valence-electron chi connectivity index (χ3n) is 5.40. The molecule has 2 aliphatic rings. The Morgan fingerprint density at radius 2 is 1.76 bits per heavy atom. The van der Waals surface area contributed by atoms with Gasteiger partial charge in [0.1, 0.15) is 0 Å². The molecule has 10 nitrogen and oxygen atoms in total. The Kier molecular flexibility index (Phi) is 8.14. The zero-order valence-electron chi connectivity index (χ0n) is 18.5.